The molecule has 0 fully saturated rings. The highest BCUT2D eigenvalue weighted by Gasteiger charge is 2.16. The molecule has 4 aromatic rings. The van der Waals surface area contributed by atoms with Gasteiger partial charge in [0.2, 0.25) is 5.91 Å². The standard InChI is InChI=1S/C26H21N5O4/c1-2-24(32)28-20-7-5-6-17(14-20)16-31-23(26(34)35)15-22(30-31)18-9-11-19(12-10-18)29-25(33)21-8-3-4-13-27-21/h2-15H,1,16H2,(H,28,32)(H,29,33)(H,34,35). The zero-order valence-corrected chi connectivity index (χ0v) is 18.5. The third kappa shape index (κ3) is 5.66. The van der Waals surface area contributed by atoms with Crippen molar-refractivity contribution in [2.75, 3.05) is 10.6 Å². The van der Waals surface area contributed by atoms with Crippen LogP contribution in [-0.4, -0.2) is 37.7 Å². The van der Waals surface area contributed by atoms with Gasteiger partial charge in [0, 0.05) is 23.1 Å². The van der Waals surface area contributed by atoms with Crippen molar-refractivity contribution in [2.45, 2.75) is 6.54 Å². The summed E-state index contributed by atoms with van der Waals surface area (Å²) in [4.78, 5) is 39.7. The van der Waals surface area contributed by atoms with Crippen LogP contribution in [0.1, 0.15) is 26.5 Å². The number of pyridine rings is 1. The van der Waals surface area contributed by atoms with Crippen molar-refractivity contribution in [1.82, 2.24) is 14.8 Å². The molecule has 2 heterocycles. The summed E-state index contributed by atoms with van der Waals surface area (Å²) in [5.74, 6) is -1.78. The van der Waals surface area contributed by atoms with E-state index >= 15 is 0 Å². The molecule has 0 bridgehead atoms. The molecule has 4 rings (SSSR count). The minimum absolute atomic E-state index is 0.0214. The lowest BCUT2D eigenvalue weighted by Gasteiger charge is -2.08. The SMILES string of the molecule is C=CC(=O)Nc1cccc(Cn2nc(-c3ccc(NC(=O)c4ccccn4)cc3)cc2C(=O)O)c1. The lowest BCUT2D eigenvalue weighted by atomic mass is 10.1. The molecular weight excluding hydrogens is 446 g/mol. The number of carbonyl (C=O) groups excluding carboxylic acids is 2. The van der Waals surface area contributed by atoms with Gasteiger partial charge < -0.3 is 15.7 Å². The van der Waals surface area contributed by atoms with E-state index in [1.54, 1.807) is 66.9 Å². The van der Waals surface area contributed by atoms with Crippen molar-refractivity contribution in [3.8, 4) is 11.3 Å². The highest BCUT2D eigenvalue weighted by atomic mass is 16.4. The summed E-state index contributed by atoms with van der Waals surface area (Å²) in [6.45, 7) is 3.62. The van der Waals surface area contributed by atoms with Gasteiger partial charge >= 0.3 is 5.97 Å². The van der Waals surface area contributed by atoms with Crippen molar-refractivity contribution in [2.24, 2.45) is 0 Å². The number of anilines is 2. The van der Waals surface area contributed by atoms with E-state index in [1.807, 2.05) is 6.07 Å². The van der Waals surface area contributed by atoms with Crippen LogP contribution >= 0.6 is 0 Å². The second-order valence-electron chi connectivity index (χ2n) is 7.52. The van der Waals surface area contributed by atoms with Gasteiger partial charge in [-0.15, -0.1) is 0 Å². The Hall–Kier alpha value is -5.05. The van der Waals surface area contributed by atoms with Gasteiger partial charge in [0.15, 0.2) is 0 Å². The van der Waals surface area contributed by atoms with E-state index < -0.39 is 5.97 Å². The van der Waals surface area contributed by atoms with Gasteiger partial charge in [0.25, 0.3) is 5.91 Å². The summed E-state index contributed by atoms with van der Waals surface area (Å²) in [7, 11) is 0. The molecular formula is C26H21N5O4. The zero-order valence-electron chi connectivity index (χ0n) is 18.5. The molecule has 0 radical (unpaired) electrons. The monoisotopic (exact) mass is 467 g/mol. The fraction of sp³-hybridized carbons (Fsp3) is 0.0385. The molecule has 0 saturated carbocycles. The molecule has 2 aromatic carbocycles. The average molecular weight is 467 g/mol. The number of aromatic carboxylic acids is 1. The molecule has 9 heteroatoms. The van der Waals surface area contributed by atoms with Gasteiger partial charge in [0.05, 0.1) is 12.2 Å². The second kappa shape index (κ2) is 10.3. The molecule has 0 aliphatic carbocycles. The van der Waals surface area contributed by atoms with Crippen LogP contribution < -0.4 is 10.6 Å². The number of aromatic nitrogens is 3. The van der Waals surface area contributed by atoms with Crippen LogP contribution in [0.15, 0.2) is 91.6 Å². The molecule has 35 heavy (non-hydrogen) atoms. The molecule has 0 spiro atoms. The molecule has 0 saturated heterocycles. The number of rotatable bonds is 8. The first-order chi connectivity index (χ1) is 16.9. The topological polar surface area (TPSA) is 126 Å². The maximum absolute atomic E-state index is 12.3. The second-order valence-corrected chi connectivity index (χ2v) is 7.52. The molecule has 174 valence electrons. The Bertz CT molecular complexity index is 1400. The van der Waals surface area contributed by atoms with Crippen molar-refractivity contribution in [1.29, 1.82) is 0 Å². The summed E-state index contributed by atoms with van der Waals surface area (Å²) in [6.07, 6.45) is 2.71. The van der Waals surface area contributed by atoms with Crippen LogP contribution in [-0.2, 0) is 11.3 Å². The number of hydrogen-bond acceptors (Lipinski definition) is 5. The Morgan fingerprint density at radius 1 is 0.943 bits per heavy atom. The Kier molecular flexibility index (Phi) is 6.78. The van der Waals surface area contributed by atoms with Crippen molar-refractivity contribution >= 4 is 29.2 Å². The van der Waals surface area contributed by atoms with Crippen LogP contribution in [0.3, 0.4) is 0 Å². The molecule has 0 unspecified atom stereocenters. The average Bonchev–Trinajstić information content (AvgIpc) is 3.29. The molecule has 0 atom stereocenters. The predicted molar refractivity (Wildman–Crippen MR) is 131 cm³/mol. The fourth-order valence-corrected chi connectivity index (χ4v) is 3.38. The molecule has 2 aromatic heterocycles. The maximum atomic E-state index is 12.3. The summed E-state index contributed by atoms with van der Waals surface area (Å²) < 4.78 is 1.39. The van der Waals surface area contributed by atoms with E-state index in [9.17, 15) is 19.5 Å². The van der Waals surface area contributed by atoms with Gasteiger partial charge in [0.1, 0.15) is 11.4 Å². The van der Waals surface area contributed by atoms with E-state index in [4.69, 9.17) is 0 Å². The van der Waals surface area contributed by atoms with E-state index in [2.05, 4.69) is 27.3 Å². The van der Waals surface area contributed by atoms with E-state index in [1.165, 1.54) is 16.8 Å². The van der Waals surface area contributed by atoms with E-state index in [-0.39, 0.29) is 24.1 Å². The summed E-state index contributed by atoms with van der Waals surface area (Å²) in [6, 6.07) is 20.5. The number of hydrogen-bond donors (Lipinski definition) is 3. The number of carbonyl (C=O) groups is 3. The zero-order chi connectivity index (χ0) is 24.8. The number of amides is 2. The van der Waals surface area contributed by atoms with Crippen molar-refractivity contribution in [3.63, 3.8) is 0 Å². The normalized spacial score (nSPS) is 10.4. The third-order valence-corrected chi connectivity index (χ3v) is 5.05. The highest BCUT2D eigenvalue weighted by Crippen LogP contribution is 2.23. The van der Waals surface area contributed by atoms with Crippen LogP contribution in [0.5, 0.6) is 0 Å². The predicted octanol–water partition coefficient (Wildman–Crippen LogP) is 4.07. The maximum Gasteiger partial charge on any atom is 0.354 e. The van der Waals surface area contributed by atoms with E-state index in [0.717, 1.165) is 5.56 Å². The molecule has 3 N–H and O–H groups in total. The number of benzene rings is 2. The minimum atomic E-state index is -1.11. The van der Waals surface area contributed by atoms with Crippen LogP contribution in [0, 0.1) is 0 Å². The number of nitrogens with zero attached hydrogens (tertiary/aromatic N) is 3. The van der Waals surface area contributed by atoms with Gasteiger partial charge in [-0.2, -0.15) is 5.10 Å². The van der Waals surface area contributed by atoms with E-state index in [0.29, 0.717) is 28.3 Å². The molecule has 9 nitrogen and oxygen atoms in total. The number of nitrogens with one attached hydrogen (secondary N) is 2. The van der Waals surface area contributed by atoms with Crippen molar-refractivity contribution < 1.29 is 19.5 Å². The lowest BCUT2D eigenvalue weighted by Crippen LogP contribution is -2.13. The quantitative estimate of drug-likeness (QED) is 0.335. The van der Waals surface area contributed by atoms with Gasteiger partial charge in [-0.25, -0.2) is 4.79 Å². The number of carboxylic acids is 1. The van der Waals surface area contributed by atoms with Crippen LogP contribution in [0.4, 0.5) is 11.4 Å². The van der Waals surface area contributed by atoms with Crippen molar-refractivity contribution in [3.05, 3.63) is 109 Å². The Morgan fingerprint density at radius 3 is 2.43 bits per heavy atom. The third-order valence-electron chi connectivity index (χ3n) is 5.05. The first kappa shape index (κ1) is 23.1. The largest absolute Gasteiger partial charge is 0.477 e. The van der Waals surface area contributed by atoms with Gasteiger partial charge in [-0.05, 0) is 54.1 Å². The number of carboxylic acid groups (broad SMARTS) is 1. The first-order valence-corrected chi connectivity index (χ1v) is 10.6. The summed E-state index contributed by atoms with van der Waals surface area (Å²) in [5, 5.41) is 19.6. The molecule has 0 aliphatic rings. The van der Waals surface area contributed by atoms with Crippen LogP contribution in [0.25, 0.3) is 11.3 Å². The first-order valence-electron chi connectivity index (χ1n) is 10.6. The molecule has 2 amide bonds. The summed E-state index contributed by atoms with van der Waals surface area (Å²) >= 11 is 0. The fourth-order valence-electron chi connectivity index (χ4n) is 3.38. The lowest BCUT2D eigenvalue weighted by molar-refractivity contribution is -0.111. The van der Waals surface area contributed by atoms with Crippen LogP contribution in [0.2, 0.25) is 0 Å². The Labute approximate surface area is 200 Å². The van der Waals surface area contributed by atoms with Gasteiger partial charge in [-0.1, -0.05) is 36.9 Å². The minimum Gasteiger partial charge on any atom is -0.477 e. The highest BCUT2D eigenvalue weighted by molar-refractivity contribution is 6.03. The smallest absolute Gasteiger partial charge is 0.354 e. The Balaban J connectivity index is 1.53. The summed E-state index contributed by atoms with van der Waals surface area (Å²) in [5.41, 5.74) is 3.38. The molecule has 0 aliphatic heterocycles. The van der Waals surface area contributed by atoms with Gasteiger partial charge in [-0.3, -0.25) is 19.3 Å². The Morgan fingerprint density at radius 2 is 1.74 bits per heavy atom.